The Morgan fingerprint density at radius 3 is 2.50 bits per heavy atom. The highest BCUT2D eigenvalue weighted by Crippen LogP contribution is 2.31. The summed E-state index contributed by atoms with van der Waals surface area (Å²) < 4.78 is 24.7. The average molecular weight is 276 g/mol. The van der Waals surface area contributed by atoms with Crippen LogP contribution in [0, 0.1) is 5.82 Å². The van der Waals surface area contributed by atoms with Crippen molar-refractivity contribution in [2.75, 3.05) is 14.2 Å². The van der Waals surface area contributed by atoms with Crippen molar-refractivity contribution < 1.29 is 19.2 Å². The molecule has 0 atom stereocenters. The summed E-state index contributed by atoms with van der Waals surface area (Å²) in [5.74, 6) is 1.09. The second kappa shape index (κ2) is 6.91. The highest BCUT2D eigenvalue weighted by molar-refractivity contribution is 5.46. The van der Waals surface area contributed by atoms with E-state index in [1.54, 1.807) is 25.3 Å². The number of nitrogens with two attached hydrogens (primary N) is 1. The molecule has 2 aromatic carbocycles. The summed E-state index contributed by atoms with van der Waals surface area (Å²) in [7, 11) is 3.59. The minimum atomic E-state index is -0.258. The maximum Gasteiger partial charge on any atom is 0.170 e. The summed E-state index contributed by atoms with van der Waals surface area (Å²) in [6, 6.07) is 12.4. The van der Waals surface area contributed by atoms with Gasteiger partial charge in [-0.05, 0) is 18.2 Å². The fourth-order valence-electron chi connectivity index (χ4n) is 2.03. The molecule has 0 aliphatic heterocycles. The molecule has 0 heterocycles. The number of para-hydroxylation sites is 1. The first-order chi connectivity index (χ1) is 9.76. The van der Waals surface area contributed by atoms with Crippen LogP contribution in [0.2, 0.25) is 0 Å². The molecule has 3 nitrogen and oxygen atoms in total. The third-order valence-electron chi connectivity index (χ3n) is 3.03. The zero-order valence-electron chi connectivity index (χ0n) is 11.7. The van der Waals surface area contributed by atoms with Crippen LogP contribution in [-0.2, 0) is 13.2 Å². The van der Waals surface area contributed by atoms with Gasteiger partial charge in [0.25, 0.3) is 0 Å². The van der Waals surface area contributed by atoms with Gasteiger partial charge in [-0.25, -0.2) is 4.39 Å². The first-order valence-corrected chi connectivity index (χ1v) is 6.56. The second-order valence-corrected chi connectivity index (χ2v) is 4.44. The van der Waals surface area contributed by atoms with Crippen LogP contribution in [0.25, 0.3) is 0 Å². The van der Waals surface area contributed by atoms with Crippen LogP contribution in [0.5, 0.6) is 11.5 Å². The molecule has 20 heavy (non-hydrogen) atoms. The number of ether oxygens (including phenoxy) is 2. The summed E-state index contributed by atoms with van der Waals surface area (Å²) >= 11 is 0. The molecule has 0 aliphatic carbocycles. The minimum Gasteiger partial charge on any atom is -0.493 e. The van der Waals surface area contributed by atoms with E-state index >= 15 is 0 Å². The number of hydrogen-bond acceptors (Lipinski definition) is 2. The number of methoxy groups -OCH3 is 1. The van der Waals surface area contributed by atoms with Gasteiger partial charge >= 0.3 is 0 Å². The van der Waals surface area contributed by atoms with E-state index in [1.807, 2.05) is 30.6 Å². The first kappa shape index (κ1) is 14.3. The van der Waals surface area contributed by atoms with Crippen molar-refractivity contribution in [3.05, 3.63) is 59.4 Å². The Kier molecular flexibility index (Phi) is 4.96. The van der Waals surface area contributed by atoms with Gasteiger partial charge in [-0.15, -0.1) is 0 Å². The van der Waals surface area contributed by atoms with Crippen LogP contribution < -0.4 is 14.8 Å². The highest BCUT2D eigenvalue weighted by atomic mass is 19.1. The largest absolute Gasteiger partial charge is 0.493 e. The van der Waals surface area contributed by atoms with Crippen molar-refractivity contribution in [1.29, 1.82) is 0 Å². The number of quaternary nitrogens is 1. The van der Waals surface area contributed by atoms with Crippen molar-refractivity contribution >= 4 is 0 Å². The maximum absolute atomic E-state index is 13.6. The molecule has 0 fully saturated rings. The Bertz CT molecular complexity index is 572. The second-order valence-electron chi connectivity index (χ2n) is 4.44. The van der Waals surface area contributed by atoms with Crippen molar-refractivity contribution in [3.8, 4) is 11.5 Å². The van der Waals surface area contributed by atoms with Gasteiger partial charge in [0.2, 0.25) is 0 Å². The van der Waals surface area contributed by atoms with Gasteiger partial charge < -0.3 is 14.8 Å². The van der Waals surface area contributed by atoms with Gasteiger partial charge in [-0.1, -0.05) is 24.3 Å². The SMILES string of the molecule is C[NH2+]Cc1cccc(OC)c1OCc1ccccc1F. The van der Waals surface area contributed by atoms with Gasteiger partial charge in [-0.2, -0.15) is 0 Å². The van der Waals surface area contributed by atoms with E-state index in [0.29, 0.717) is 17.1 Å². The number of hydrogen-bond donors (Lipinski definition) is 1. The Morgan fingerprint density at radius 1 is 1.05 bits per heavy atom. The molecule has 0 radical (unpaired) electrons. The molecule has 0 amide bonds. The van der Waals surface area contributed by atoms with Gasteiger partial charge in [0.15, 0.2) is 11.5 Å². The molecule has 0 aliphatic rings. The predicted octanol–water partition coefficient (Wildman–Crippen LogP) is 2.11. The van der Waals surface area contributed by atoms with Crippen LogP contribution in [-0.4, -0.2) is 14.2 Å². The van der Waals surface area contributed by atoms with Crippen molar-refractivity contribution in [2.24, 2.45) is 0 Å². The summed E-state index contributed by atoms with van der Waals surface area (Å²) in [6.07, 6.45) is 0. The van der Waals surface area contributed by atoms with Crippen molar-refractivity contribution in [1.82, 2.24) is 0 Å². The van der Waals surface area contributed by atoms with E-state index in [2.05, 4.69) is 0 Å². The van der Waals surface area contributed by atoms with Crippen LogP contribution >= 0.6 is 0 Å². The topological polar surface area (TPSA) is 35.1 Å². The van der Waals surface area contributed by atoms with Crippen LogP contribution in [0.15, 0.2) is 42.5 Å². The molecule has 0 saturated carbocycles. The lowest BCUT2D eigenvalue weighted by Gasteiger charge is -2.14. The van der Waals surface area contributed by atoms with Crippen LogP contribution in [0.3, 0.4) is 0 Å². The lowest BCUT2D eigenvalue weighted by Crippen LogP contribution is -2.77. The molecule has 0 saturated heterocycles. The molecule has 2 aromatic rings. The fourth-order valence-corrected chi connectivity index (χ4v) is 2.03. The molecular weight excluding hydrogens is 257 g/mol. The highest BCUT2D eigenvalue weighted by Gasteiger charge is 2.12. The normalized spacial score (nSPS) is 10.3. The van der Waals surface area contributed by atoms with Crippen LogP contribution in [0.4, 0.5) is 4.39 Å². The zero-order valence-corrected chi connectivity index (χ0v) is 11.7. The monoisotopic (exact) mass is 276 g/mol. The average Bonchev–Trinajstić information content (AvgIpc) is 2.47. The van der Waals surface area contributed by atoms with E-state index in [4.69, 9.17) is 9.47 Å². The number of rotatable bonds is 6. The molecule has 0 aromatic heterocycles. The van der Waals surface area contributed by atoms with E-state index in [-0.39, 0.29) is 12.4 Å². The Labute approximate surface area is 118 Å². The standard InChI is InChI=1S/C16H18FNO2/c1-18-10-12-7-5-9-15(19-2)16(12)20-11-13-6-3-4-8-14(13)17/h3-9,18H,10-11H2,1-2H3/p+1. The quantitative estimate of drug-likeness (QED) is 0.877. The predicted molar refractivity (Wildman–Crippen MR) is 75.3 cm³/mol. The van der Waals surface area contributed by atoms with E-state index < -0.39 is 0 Å². The number of benzene rings is 2. The minimum absolute atomic E-state index is 0.184. The third kappa shape index (κ3) is 3.27. The smallest absolute Gasteiger partial charge is 0.170 e. The Hall–Kier alpha value is -2.07. The molecule has 2 N–H and O–H groups in total. The fraction of sp³-hybridized carbons (Fsp3) is 0.250. The summed E-state index contributed by atoms with van der Waals surface area (Å²) in [5, 5.41) is 2.05. The Morgan fingerprint density at radius 2 is 1.80 bits per heavy atom. The zero-order chi connectivity index (χ0) is 14.4. The first-order valence-electron chi connectivity index (χ1n) is 6.56. The lowest BCUT2D eigenvalue weighted by molar-refractivity contribution is -0.643. The molecule has 0 spiro atoms. The molecule has 0 bridgehead atoms. The lowest BCUT2D eigenvalue weighted by atomic mass is 10.1. The summed E-state index contributed by atoms with van der Waals surface area (Å²) in [4.78, 5) is 0. The molecular formula is C16H19FNO2+. The molecule has 4 heteroatoms. The maximum atomic E-state index is 13.6. The number of halogens is 1. The molecule has 106 valence electrons. The summed E-state index contributed by atoms with van der Waals surface area (Å²) in [5.41, 5.74) is 1.56. The van der Waals surface area contributed by atoms with Gasteiger partial charge in [-0.3, -0.25) is 0 Å². The van der Waals surface area contributed by atoms with Gasteiger partial charge in [0, 0.05) is 5.56 Å². The molecule has 2 rings (SSSR count). The van der Waals surface area contributed by atoms with Gasteiger partial charge in [0.05, 0.1) is 19.7 Å². The van der Waals surface area contributed by atoms with Crippen LogP contribution in [0.1, 0.15) is 11.1 Å². The van der Waals surface area contributed by atoms with Gasteiger partial charge in [0.1, 0.15) is 19.0 Å². The third-order valence-corrected chi connectivity index (χ3v) is 3.03. The van der Waals surface area contributed by atoms with E-state index in [0.717, 1.165) is 12.1 Å². The summed E-state index contributed by atoms with van der Waals surface area (Å²) in [6.45, 7) is 0.966. The van der Waals surface area contributed by atoms with Crippen molar-refractivity contribution in [2.45, 2.75) is 13.2 Å². The Balaban J connectivity index is 2.21. The van der Waals surface area contributed by atoms with Crippen molar-refractivity contribution in [3.63, 3.8) is 0 Å². The van der Waals surface area contributed by atoms with E-state index in [1.165, 1.54) is 6.07 Å². The van der Waals surface area contributed by atoms with E-state index in [9.17, 15) is 4.39 Å². The molecule has 0 unspecified atom stereocenters.